The Morgan fingerprint density at radius 1 is 1.47 bits per heavy atom. The first kappa shape index (κ1) is 12.7. The lowest BCUT2D eigenvalue weighted by molar-refractivity contribution is -0.124. The average molecular weight is 260 g/mol. The molecular formula is C16H20O3. The standard InChI is InChI=1S/C16H20O3/c1-3-6-11(2)15-10-9-14(17)16(15,18)12-7-4-5-8-13(12)19-15/h4-8,14,17-18H,3,9-10H2,1-2H3. The zero-order chi connectivity index (χ0) is 13.7. The maximum absolute atomic E-state index is 11.2. The van der Waals surface area contributed by atoms with Crippen molar-refractivity contribution in [3.05, 3.63) is 41.5 Å². The van der Waals surface area contributed by atoms with Crippen molar-refractivity contribution in [2.45, 2.75) is 50.4 Å². The van der Waals surface area contributed by atoms with Gasteiger partial charge in [-0.3, -0.25) is 0 Å². The summed E-state index contributed by atoms with van der Waals surface area (Å²) in [4.78, 5) is 0. The van der Waals surface area contributed by atoms with Crippen LogP contribution in [0.1, 0.15) is 38.7 Å². The van der Waals surface area contributed by atoms with Crippen molar-refractivity contribution in [2.24, 2.45) is 0 Å². The SMILES string of the molecule is CCC=C(C)C12CCC(O)C1(O)c1ccccc1O2. The Balaban J connectivity index is 2.20. The lowest BCUT2D eigenvalue weighted by atomic mass is 9.76. The molecule has 19 heavy (non-hydrogen) atoms. The van der Waals surface area contributed by atoms with E-state index in [1.165, 1.54) is 0 Å². The van der Waals surface area contributed by atoms with Gasteiger partial charge in [0.15, 0.2) is 11.2 Å². The van der Waals surface area contributed by atoms with Crippen molar-refractivity contribution in [1.29, 1.82) is 0 Å². The summed E-state index contributed by atoms with van der Waals surface area (Å²) in [5, 5.41) is 21.5. The van der Waals surface area contributed by atoms with E-state index in [1.807, 2.05) is 31.2 Å². The molecule has 3 atom stereocenters. The molecule has 1 saturated carbocycles. The van der Waals surface area contributed by atoms with Gasteiger partial charge in [0.05, 0.1) is 6.10 Å². The Labute approximate surface area is 113 Å². The third kappa shape index (κ3) is 1.40. The number of rotatable bonds is 2. The van der Waals surface area contributed by atoms with E-state index in [0.29, 0.717) is 24.2 Å². The Bertz CT molecular complexity index is 537. The van der Waals surface area contributed by atoms with Crippen molar-refractivity contribution in [1.82, 2.24) is 0 Å². The van der Waals surface area contributed by atoms with E-state index in [4.69, 9.17) is 4.74 Å². The summed E-state index contributed by atoms with van der Waals surface area (Å²) in [6, 6.07) is 7.48. The maximum Gasteiger partial charge on any atom is 0.165 e. The number of aliphatic hydroxyl groups is 2. The van der Waals surface area contributed by atoms with Gasteiger partial charge in [-0.2, -0.15) is 0 Å². The van der Waals surface area contributed by atoms with Gasteiger partial charge < -0.3 is 14.9 Å². The van der Waals surface area contributed by atoms with Crippen LogP contribution in [0, 0.1) is 0 Å². The molecule has 0 aromatic heterocycles. The monoisotopic (exact) mass is 260 g/mol. The van der Waals surface area contributed by atoms with Crippen LogP contribution >= 0.6 is 0 Å². The number of ether oxygens (including phenoxy) is 1. The van der Waals surface area contributed by atoms with Gasteiger partial charge in [-0.05, 0) is 37.8 Å². The molecule has 0 amide bonds. The molecular weight excluding hydrogens is 240 g/mol. The van der Waals surface area contributed by atoms with E-state index in [1.54, 1.807) is 0 Å². The summed E-state index contributed by atoms with van der Waals surface area (Å²) >= 11 is 0. The fourth-order valence-corrected chi connectivity index (χ4v) is 3.64. The summed E-state index contributed by atoms with van der Waals surface area (Å²) in [7, 11) is 0. The molecule has 3 heteroatoms. The molecule has 0 saturated heterocycles. The Kier molecular flexibility index (Phi) is 2.73. The van der Waals surface area contributed by atoms with Crippen molar-refractivity contribution >= 4 is 0 Å². The van der Waals surface area contributed by atoms with Crippen LogP contribution in [-0.4, -0.2) is 21.9 Å². The first-order valence-corrected chi connectivity index (χ1v) is 6.92. The zero-order valence-corrected chi connectivity index (χ0v) is 11.4. The van der Waals surface area contributed by atoms with Crippen LogP contribution in [0.3, 0.4) is 0 Å². The number of benzene rings is 1. The second kappa shape index (κ2) is 4.09. The predicted octanol–water partition coefficient (Wildman–Crippen LogP) is 2.52. The first-order valence-electron chi connectivity index (χ1n) is 6.92. The van der Waals surface area contributed by atoms with Crippen molar-refractivity contribution in [3.8, 4) is 5.75 Å². The number of allylic oxidation sites excluding steroid dienone is 1. The first-order chi connectivity index (χ1) is 9.06. The summed E-state index contributed by atoms with van der Waals surface area (Å²) < 4.78 is 6.13. The second-order valence-corrected chi connectivity index (χ2v) is 5.54. The van der Waals surface area contributed by atoms with Gasteiger partial charge in [0.1, 0.15) is 5.75 Å². The van der Waals surface area contributed by atoms with Crippen molar-refractivity contribution in [3.63, 3.8) is 0 Å². The van der Waals surface area contributed by atoms with Gasteiger partial charge in [-0.15, -0.1) is 0 Å². The highest BCUT2D eigenvalue weighted by Crippen LogP contribution is 2.59. The smallest absolute Gasteiger partial charge is 0.165 e. The van der Waals surface area contributed by atoms with E-state index < -0.39 is 17.3 Å². The van der Waals surface area contributed by atoms with Gasteiger partial charge in [-0.25, -0.2) is 0 Å². The Morgan fingerprint density at radius 2 is 2.21 bits per heavy atom. The van der Waals surface area contributed by atoms with Crippen LogP contribution in [0.2, 0.25) is 0 Å². The van der Waals surface area contributed by atoms with Crippen molar-refractivity contribution < 1.29 is 14.9 Å². The van der Waals surface area contributed by atoms with E-state index in [0.717, 1.165) is 12.0 Å². The van der Waals surface area contributed by atoms with E-state index >= 15 is 0 Å². The lowest BCUT2D eigenvalue weighted by Crippen LogP contribution is -2.53. The molecule has 2 aliphatic rings. The molecule has 3 rings (SSSR count). The molecule has 3 unspecified atom stereocenters. The highest BCUT2D eigenvalue weighted by molar-refractivity contribution is 5.51. The van der Waals surface area contributed by atoms with E-state index in [-0.39, 0.29) is 0 Å². The zero-order valence-electron chi connectivity index (χ0n) is 11.4. The van der Waals surface area contributed by atoms with Crippen LogP contribution in [0.25, 0.3) is 0 Å². The minimum Gasteiger partial charge on any atom is -0.479 e. The molecule has 1 aliphatic carbocycles. The molecule has 1 aliphatic heterocycles. The quantitative estimate of drug-likeness (QED) is 0.803. The summed E-state index contributed by atoms with van der Waals surface area (Å²) in [6.45, 7) is 4.05. The molecule has 1 aromatic carbocycles. The van der Waals surface area contributed by atoms with Crippen LogP contribution in [0.4, 0.5) is 0 Å². The average Bonchev–Trinajstić information content (AvgIpc) is 2.81. The van der Waals surface area contributed by atoms with Crippen LogP contribution in [-0.2, 0) is 5.60 Å². The molecule has 3 nitrogen and oxygen atoms in total. The molecule has 1 fully saturated rings. The highest BCUT2D eigenvalue weighted by Gasteiger charge is 2.67. The summed E-state index contributed by atoms with van der Waals surface area (Å²) in [6.07, 6.45) is 3.38. The lowest BCUT2D eigenvalue weighted by Gasteiger charge is -2.37. The minimum atomic E-state index is -1.32. The van der Waals surface area contributed by atoms with Gasteiger partial charge in [-0.1, -0.05) is 31.2 Å². The summed E-state index contributed by atoms with van der Waals surface area (Å²) in [5.41, 5.74) is -0.403. The van der Waals surface area contributed by atoms with Crippen LogP contribution < -0.4 is 4.74 Å². The van der Waals surface area contributed by atoms with Crippen molar-refractivity contribution in [2.75, 3.05) is 0 Å². The number of hydrogen-bond donors (Lipinski definition) is 2. The topological polar surface area (TPSA) is 49.7 Å². The molecule has 0 spiro atoms. The Morgan fingerprint density at radius 3 is 2.95 bits per heavy atom. The molecule has 2 N–H and O–H groups in total. The third-order valence-electron chi connectivity index (χ3n) is 4.60. The normalized spacial score (nSPS) is 36.8. The van der Waals surface area contributed by atoms with Gasteiger partial charge in [0, 0.05) is 5.56 Å². The summed E-state index contributed by atoms with van der Waals surface area (Å²) in [5.74, 6) is 0.688. The van der Waals surface area contributed by atoms with E-state index in [9.17, 15) is 10.2 Å². The van der Waals surface area contributed by atoms with Crippen LogP contribution in [0.15, 0.2) is 35.9 Å². The van der Waals surface area contributed by atoms with Gasteiger partial charge >= 0.3 is 0 Å². The number of para-hydroxylation sites is 1. The molecule has 0 bridgehead atoms. The number of hydrogen-bond acceptors (Lipinski definition) is 3. The van der Waals surface area contributed by atoms with E-state index in [2.05, 4.69) is 13.0 Å². The van der Waals surface area contributed by atoms with Gasteiger partial charge in [0.25, 0.3) is 0 Å². The second-order valence-electron chi connectivity index (χ2n) is 5.54. The Hall–Kier alpha value is -1.32. The number of aliphatic hydroxyl groups excluding tert-OH is 1. The fourth-order valence-electron chi connectivity index (χ4n) is 3.64. The largest absolute Gasteiger partial charge is 0.479 e. The predicted molar refractivity (Wildman–Crippen MR) is 73.0 cm³/mol. The molecule has 0 radical (unpaired) electrons. The molecule has 1 heterocycles. The maximum atomic E-state index is 11.2. The number of fused-ring (bicyclic) bond motifs is 3. The highest BCUT2D eigenvalue weighted by atomic mass is 16.5. The molecule has 1 aromatic rings. The van der Waals surface area contributed by atoms with Gasteiger partial charge in [0.2, 0.25) is 0 Å². The fraction of sp³-hybridized carbons (Fsp3) is 0.500. The minimum absolute atomic E-state index is 0.555. The third-order valence-corrected chi connectivity index (χ3v) is 4.60. The van der Waals surface area contributed by atoms with Crippen LogP contribution in [0.5, 0.6) is 5.75 Å². The molecule has 102 valence electrons.